The van der Waals surface area contributed by atoms with E-state index in [1.807, 2.05) is 36.4 Å². The van der Waals surface area contributed by atoms with Crippen LogP contribution >= 0.6 is 0 Å². The van der Waals surface area contributed by atoms with Gasteiger partial charge in [0.15, 0.2) is 0 Å². The molecule has 0 saturated carbocycles. The lowest BCUT2D eigenvalue weighted by Gasteiger charge is -2.12. The van der Waals surface area contributed by atoms with E-state index in [-0.39, 0.29) is 5.91 Å². The highest BCUT2D eigenvalue weighted by Gasteiger charge is 2.05. The fraction of sp³-hybridized carbons (Fsp3) is 0.350. The first-order valence-electron chi connectivity index (χ1n) is 8.34. The second-order valence-corrected chi connectivity index (χ2v) is 5.69. The Balaban J connectivity index is 1.87. The summed E-state index contributed by atoms with van der Waals surface area (Å²) in [6.45, 7) is 5.54. The number of hydrogen-bond acceptors (Lipinski definition) is 3. The number of ether oxygens (including phenoxy) is 2. The van der Waals surface area contributed by atoms with Gasteiger partial charge >= 0.3 is 0 Å². The van der Waals surface area contributed by atoms with Crippen molar-refractivity contribution in [3.63, 3.8) is 0 Å². The smallest absolute Gasteiger partial charge is 0.221 e. The highest BCUT2D eigenvalue weighted by molar-refractivity contribution is 5.90. The van der Waals surface area contributed by atoms with Crippen LogP contribution in [0.5, 0.6) is 5.75 Å². The minimum atomic E-state index is -0.113. The van der Waals surface area contributed by atoms with Crippen molar-refractivity contribution in [2.75, 3.05) is 11.9 Å². The fourth-order valence-electron chi connectivity index (χ4n) is 2.21. The summed E-state index contributed by atoms with van der Waals surface area (Å²) < 4.78 is 11.4. The summed E-state index contributed by atoms with van der Waals surface area (Å²) in [4.78, 5) is 11.2. The zero-order chi connectivity index (χ0) is 17.2. The van der Waals surface area contributed by atoms with Gasteiger partial charge in [-0.05, 0) is 29.7 Å². The Morgan fingerprint density at radius 1 is 1.00 bits per heavy atom. The van der Waals surface area contributed by atoms with Crippen molar-refractivity contribution in [1.29, 1.82) is 0 Å². The molecule has 24 heavy (non-hydrogen) atoms. The lowest BCUT2D eigenvalue weighted by Crippen LogP contribution is -2.07. The van der Waals surface area contributed by atoms with Gasteiger partial charge in [0.1, 0.15) is 12.4 Å². The second-order valence-electron chi connectivity index (χ2n) is 5.69. The molecule has 1 N–H and O–H groups in total. The van der Waals surface area contributed by atoms with Crippen molar-refractivity contribution in [3.8, 4) is 5.75 Å². The Morgan fingerprint density at radius 3 is 2.33 bits per heavy atom. The number of rotatable bonds is 9. The predicted molar refractivity (Wildman–Crippen MR) is 96.1 cm³/mol. The van der Waals surface area contributed by atoms with Gasteiger partial charge in [-0.1, -0.05) is 49.7 Å². The minimum Gasteiger partial charge on any atom is -0.487 e. The summed E-state index contributed by atoms with van der Waals surface area (Å²) in [6, 6.07) is 15.6. The first-order valence-corrected chi connectivity index (χ1v) is 8.34. The van der Waals surface area contributed by atoms with Crippen LogP contribution in [-0.4, -0.2) is 12.5 Å². The van der Waals surface area contributed by atoms with Crippen LogP contribution in [0.2, 0.25) is 0 Å². The van der Waals surface area contributed by atoms with E-state index in [2.05, 4.69) is 24.4 Å². The summed E-state index contributed by atoms with van der Waals surface area (Å²) in [5.41, 5.74) is 2.92. The maximum Gasteiger partial charge on any atom is 0.221 e. The van der Waals surface area contributed by atoms with Gasteiger partial charge in [0, 0.05) is 13.5 Å². The molecule has 0 aliphatic rings. The van der Waals surface area contributed by atoms with Gasteiger partial charge in [-0.3, -0.25) is 4.79 Å². The molecule has 0 atom stereocenters. The number of carbonyl (C=O) groups excluding carboxylic acids is 1. The number of carbonyl (C=O) groups is 1. The van der Waals surface area contributed by atoms with Gasteiger partial charge in [-0.25, -0.2) is 0 Å². The van der Waals surface area contributed by atoms with Crippen LogP contribution < -0.4 is 10.1 Å². The fourth-order valence-corrected chi connectivity index (χ4v) is 2.21. The standard InChI is InChI=1S/C20H25NO3/c1-3-4-13-23-14-17-9-11-18(12-10-17)15-24-20-8-6-5-7-19(20)21-16(2)22/h5-12H,3-4,13-15H2,1-2H3,(H,21,22). The Kier molecular flexibility index (Phi) is 7.30. The van der Waals surface area contributed by atoms with Crippen LogP contribution in [0.3, 0.4) is 0 Å². The highest BCUT2D eigenvalue weighted by Crippen LogP contribution is 2.24. The molecule has 2 aromatic rings. The van der Waals surface area contributed by atoms with Gasteiger partial charge in [-0.15, -0.1) is 0 Å². The van der Waals surface area contributed by atoms with Crippen LogP contribution in [0.4, 0.5) is 5.69 Å². The van der Waals surface area contributed by atoms with Gasteiger partial charge in [0.25, 0.3) is 0 Å². The van der Waals surface area contributed by atoms with Crippen LogP contribution in [0, 0.1) is 0 Å². The number of anilines is 1. The van der Waals surface area contributed by atoms with Crippen LogP contribution in [-0.2, 0) is 22.7 Å². The summed E-state index contributed by atoms with van der Waals surface area (Å²) in [5, 5.41) is 2.77. The number of benzene rings is 2. The Hall–Kier alpha value is -2.33. The maximum atomic E-state index is 11.2. The van der Waals surface area contributed by atoms with E-state index >= 15 is 0 Å². The van der Waals surface area contributed by atoms with Crippen LogP contribution in [0.1, 0.15) is 37.8 Å². The third-order valence-corrected chi connectivity index (χ3v) is 3.53. The molecule has 0 aromatic heterocycles. The number of para-hydroxylation sites is 2. The lowest BCUT2D eigenvalue weighted by atomic mass is 10.1. The Morgan fingerprint density at radius 2 is 1.67 bits per heavy atom. The summed E-state index contributed by atoms with van der Waals surface area (Å²) in [5.74, 6) is 0.554. The molecule has 4 heteroatoms. The van der Waals surface area contributed by atoms with Crippen molar-refractivity contribution in [2.24, 2.45) is 0 Å². The minimum absolute atomic E-state index is 0.113. The van der Waals surface area contributed by atoms with E-state index in [4.69, 9.17) is 9.47 Å². The maximum absolute atomic E-state index is 11.2. The molecular weight excluding hydrogens is 302 g/mol. The molecule has 0 saturated heterocycles. The normalized spacial score (nSPS) is 10.4. The van der Waals surface area contributed by atoms with Gasteiger partial charge < -0.3 is 14.8 Å². The number of hydrogen-bond donors (Lipinski definition) is 1. The third-order valence-electron chi connectivity index (χ3n) is 3.53. The number of amides is 1. The average molecular weight is 327 g/mol. The SMILES string of the molecule is CCCCOCc1ccc(COc2ccccc2NC(C)=O)cc1. The van der Waals surface area contributed by atoms with E-state index in [0.717, 1.165) is 30.6 Å². The molecule has 1 amide bonds. The summed E-state index contributed by atoms with van der Waals surface area (Å²) in [6.07, 6.45) is 2.25. The molecule has 0 unspecified atom stereocenters. The molecule has 4 nitrogen and oxygen atoms in total. The van der Waals surface area contributed by atoms with Crippen molar-refractivity contribution in [2.45, 2.75) is 39.9 Å². The first-order chi connectivity index (χ1) is 11.7. The molecule has 2 aromatic carbocycles. The number of unbranched alkanes of at least 4 members (excludes halogenated alkanes) is 1. The Labute approximate surface area is 143 Å². The molecule has 2 rings (SSSR count). The van der Waals surface area contributed by atoms with Crippen molar-refractivity contribution < 1.29 is 14.3 Å². The van der Waals surface area contributed by atoms with Gasteiger partial charge in [-0.2, -0.15) is 0 Å². The van der Waals surface area contributed by atoms with Gasteiger partial charge in [0.05, 0.1) is 12.3 Å². The van der Waals surface area contributed by atoms with Crippen molar-refractivity contribution in [1.82, 2.24) is 0 Å². The molecule has 0 fully saturated rings. The second kappa shape index (κ2) is 9.73. The highest BCUT2D eigenvalue weighted by atomic mass is 16.5. The zero-order valence-electron chi connectivity index (χ0n) is 14.4. The molecule has 0 aliphatic carbocycles. The van der Waals surface area contributed by atoms with Gasteiger partial charge in [0.2, 0.25) is 5.91 Å². The molecule has 128 valence electrons. The molecule has 0 radical (unpaired) electrons. The monoisotopic (exact) mass is 327 g/mol. The average Bonchev–Trinajstić information content (AvgIpc) is 2.58. The molecule has 0 spiro atoms. The van der Waals surface area contributed by atoms with E-state index in [1.54, 1.807) is 0 Å². The lowest BCUT2D eigenvalue weighted by molar-refractivity contribution is -0.114. The van der Waals surface area contributed by atoms with Crippen molar-refractivity contribution >= 4 is 11.6 Å². The zero-order valence-corrected chi connectivity index (χ0v) is 14.4. The van der Waals surface area contributed by atoms with Crippen molar-refractivity contribution in [3.05, 3.63) is 59.7 Å². The van der Waals surface area contributed by atoms with E-state index < -0.39 is 0 Å². The summed E-state index contributed by atoms with van der Waals surface area (Å²) in [7, 11) is 0. The largest absolute Gasteiger partial charge is 0.487 e. The molecule has 0 aliphatic heterocycles. The van der Waals surface area contributed by atoms with E-state index in [9.17, 15) is 4.79 Å². The quantitative estimate of drug-likeness (QED) is 0.688. The Bertz CT molecular complexity index is 638. The third kappa shape index (κ3) is 6.05. The number of nitrogens with one attached hydrogen (secondary N) is 1. The predicted octanol–water partition coefficient (Wildman–Crippen LogP) is 4.54. The molecular formula is C20H25NO3. The van der Waals surface area contributed by atoms with E-state index in [1.165, 1.54) is 6.92 Å². The molecule has 0 heterocycles. The van der Waals surface area contributed by atoms with E-state index in [0.29, 0.717) is 24.7 Å². The molecule has 0 bridgehead atoms. The topological polar surface area (TPSA) is 47.6 Å². The van der Waals surface area contributed by atoms with Crippen LogP contribution in [0.15, 0.2) is 48.5 Å². The van der Waals surface area contributed by atoms with Crippen LogP contribution in [0.25, 0.3) is 0 Å². The first kappa shape index (κ1) is 18.0. The summed E-state index contributed by atoms with van der Waals surface area (Å²) >= 11 is 0.